The van der Waals surface area contributed by atoms with Gasteiger partial charge in [-0.15, -0.1) is 6.58 Å². The predicted octanol–water partition coefficient (Wildman–Crippen LogP) is 1.40. The van der Waals surface area contributed by atoms with Crippen LogP contribution in [-0.2, 0) is 11.2 Å². The molecule has 5 nitrogen and oxygen atoms in total. The fraction of sp³-hybridized carbons (Fsp3) is 0.538. The fourth-order valence-electron chi connectivity index (χ4n) is 2.09. The Kier molecular flexibility index (Phi) is 4.15. The van der Waals surface area contributed by atoms with Gasteiger partial charge in [0.05, 0.1) is 11.8 Å². The smallest absolute Gasteiger partial charge is 0.256 e. The van der Waals surface area contributed by atoms with E-state index in [9.17, 15) is 4.79 Å². The van der Waals surface area contributed by atoms with Crippen LogP contribution in [0.4, 0.5) is 5.95 Å². The van der Waals surface area contributed by atoms with E-state index >= 15 is 0 Å². The molecule has 0 aliphatic carbocycles. The van der Waals surface area contributed by atoms with E-state index in [1.807, 2.05) is 6.92 Å². The number of aryl methyl sites for hydroxylation is 1. The van der Waals surface area contributed by atoms with Gasteiger partial charge in [0.2, 0.25) is 5.95 Å². The van der Waals surface area contributed by atoms with Crippen molar-refractivity contribution in [3.05, 3.63) is 34.3 Å². The molecule has 98 valence electrons. The van der Waals surface area contributed by atoms with Gasteiger partial charge in [-0.3, -0.25) is 9.78 Å². The highest BCUT2D eigenvalue weighted by Crippen LogP contribution is 2.12. The minimum absolute atomic E-state index is 0.0998. The second-order valence-corrected chi connectivity index (χ2v) is 4.49. The standard InChI is InChI=1S/C13H19N3O2/c1-3-5-11-9(2)15-13(16-12(11)17)14-8-10-6-4-7-18-10/h3,10H,1,4-8H2,2H3,(H2,14,15,16,17)/t10-/m1/s1. The number of nitrogens with zero attached hydrogens (tertiary/aromatic N) is 1. The number of rotatable bonds is 5. The van der Waals surface area contributed by atoms with Gasteiger partial charge in [-0.1, -0.05) is 6.08 Å². The molecule has 0 radical (unpaired) electrons. The fourth-order valence-corrected chi connectivity index (χ4v) is 2.09. The third-order valence-electron chi connectivity index (χ3n) is 3.09. The molecule has 18 heavy (non-hydrogen) atoms. The second kappa shape index (κ2) is 5.82. The first kappa shape index (κ1) is 12.8. The lowest BCUT2D eigenvalue weighted by Gasteiger charge is -2.12. The first-order chi connectivity index (χ1) is 8.70. The van der Waals surface area contributed by atoms with Crippen molar-refractivity contribution in [2.75, 3.05) is 18.5 Å². The molecule has 1 atom stereocenters. The molecule has 2 N–H and O–H groups in total. The highest BCUT2D eigenvalue weighted by atomic mass is 16.5. The molecule has 0 amide bonds. The van der Waals surface area contributed by atoms with Gasteiger partial charge in [-0.05, 0) is 26.2 Å². The molecular formula is C13H19N3O2. The third-order valence-corrected chi connectivity index (χ3v) is 3.09. The molecule has 1 aromatic rings. The maximum Gasteiger partial charge on any atom is 0.256 e. The minimum atomic E-state index is -0.0998. The van der Waals surface area contributed by atoms with Gasteiger partial charge < -0.3 is 10.1 Å². The van der Waals surface area contributed by atoms with E-state index in [0.29, 0.717) is 24.5 Å². The van der Waals surface area contributed by atoms with Crippen LogP contribution in [0.5, 0.6) is 0 Å². The van der Waals surface area contributed by atoms with Gasteiger partial charge in [0, 0.05) is 18.7 Å². The van der Waals surface area contributed by atoms with Crippen LogP contribution < -0.4 is 10.9 Å². The Morgan fingerprint density at radius 1 is 1.67 bits per heavy atom. The summed E-state index contributed by atoms with van der Waals surface area (Å²) in [5, 5.41) is 3.12. The molecule has 0 spiro atoms. The monoisotopic (exact) mass is 249 g/mol. The molecule has 2 heterocycles. The van der Waals surface area contributed by atoms with Crippen molar-refractivity contribution in [1.82, 2.24) is 9.97 Å². The molecule has 0 unspecified atom stereocenters. The lowest BCUT2D eigenvalue weighted by Crippen LogP contribution is -2.23. The van der Waals surface area contributed by atoms with E-state index in [1.54, 1.807) is 6.08 Å². The molecule has 1 aromatic heterocycles. The molecule has 0 bridgehead atoms. The van der Waals surface area contributed by atoms with E-state index in [4.69, 9.17) is 4.74 Å². The zero-order valence-electron chi connectivity index (χ0n) is 10.7. The quantitative estimate of drug-likeness (QED) is 0.774. The van der Waals surface area contributed by atoms with Crippen molar-refractivity contribution >= 4 is 5.95 Å². The number of aromatic amines is 1. The van der Waals surface area contributed by atoms with E-state index in [0.717, 1.165) is 25.1 Å². The van der Waals surface area contributed by atoms with Crippen molar-refractivity contribution in [2.24, 2.45) is 0 Å². The molecule has 0 saturated carbocycles. The Hall–Kier alpha value is -1.62. The van der Waals surface area contributed by atoms with Crippen molar-refractivity contribution in [1.29, 1.82) is 0 Å². The Labute approximate surface area is 106 Å². The van der Waals surface area contributed by atoms with Crippen molar-refractivity contribution in [3.63, 3.8) is 0 Å². The van der Waals surface area contributed by atoms with Crippen LogP contribution >= 0.6 is 0 Å². The van der Waals surface area contributed by atoms with Gasteiger partial charge in [0.1, 0.15) is 0 Å². The van der Waals surface area contributed by atoms with E-state index in [-0.39, 0.29) is 11.7 Å². The van der Waals surface area contributed by atoms with Crippen LogP contribution in [0.2, 0.25) is 0 Å². The van der Waals surface area contributed by atoms with Crippen molar-refractivity contribution < 1.29 is 4.74 Å². The van der Waals surface area contributed by atoms with E-state index in [1.165, 1.54) is 0 Å². The summed E-state index contributed by atoms with van der Waals surface area (Å²) in [6, 6.07) is 0. The minimum Gasteiger partial charge on any atom is -0.376 e. The second-order valence-electron chi connectivity index (χ2n) is 4.49. The summed E-state index contributed by atoms with van der Waals surface area (Å²) >= 11 is 0. The number of hydrogen-bond donors (Lipinski definition) is 2. The Morgan fingerprint density at radius 2 is 2.50 bits per heavy atom. The summed E-state index contributed by atoms with van der Waals surface area (Å²) in [6.07, 6.45) is 4.64. The highest BCUT2D eigenvalue weighted by molar-refractivity contribution is 5.30. The molecule has 1 saturated heterocycles. The van der Waals surface area contributed by atoms with Crippen LogP contribution in [0, 0.1) is 6.92 Å². The lowest BCUT2D eigenvalue weighted by molar-refractivity contribution is 0.120. The Balaban J connectivity index is 2.05. The zero-order valence-corrected chi connectivity index (χ0v) is 10.7. The van der Waals surface area contributed by atoms with Crippen LogP contribution in [0.1, 0.15) is 24.1 Å². The molecule has 1 aliphatic rings. The number of allylic oxidation sites excluding steroid dienone is 1. The summed E-state index contributed by atoms with van der Waals surface area (Å²) in [4.78, 5) is 18.9. The topological polar surface area (TPSA) is 67.0 Å². The van der Waals surface area contributed by atoms with E-state index in [2.05, 4.69) is 21.9 Å². The predicted molar refractivity (Wildman–Crippen MR) is 71.0 cm³/mol. The summed E-state index contributed by atoms with van der Waals surface area (Å²) < 4.78 is 5.50. The number of anilines is 1. The molecule has 1 aliphatic heterocycles. The molecule has 0 aromatic carbocycles. The number of nitrogens with one attached hydrogen (secondary N) is 2. The van der Waals surface area contributed by atoms with Crippen LogP contribution in [-0.4, -0.2) is 29.2 Å². The summed E-state index contributed by atoms with van der Waals surface area (Å²) in [5.74, 6) is 0.515. The number of ether oxygens (including phenoxy) is 1. The Bertz CT molecular complexity index is 476. The Morgan fingerprint density at radius 3 is 3.11 bits per heavy atom. The van der Waals surface area contributed by atoms with Crippen molar-refractivity contribution in [3.8, 4) is 0 Å². The molecule has 2 rings (SSSR count). The SMILES string of the molecule is C=CCc1c(C)nc(NC[C@H]2CCCO2)[nH]c1=O. The van der Waals surface area contributed by atoms with Crippen LogP contribution in [0.25, 0.3) is 0 Å². The third kappa shape index (κ3) is 2.98. The van der Waals surface area contributed by atoms with Gasteiger partial charge in [0.15, 0.2) is 0 Å². The lowest BCUT2D eigenvalue weighted by atomic mass is 10.2. The highest BCUT2D eigenvalue weighted by Gasteiger charge is 2.15. The zero-order chi connectivity index (χ0) is 13.0. The number of hydrogen-bond acceptors (Lipinski definition) is 4. The van der Waals surface area contributed by atoms with Gasteiger partial charge >= 0.3 is 0 Å². The number of H-pyrrole nitrogens is 1. The maximum atomic E-state index is 11.8. The van der Waals surface area contributed by atoms with Crippen LogP contribution in [0.3, 0.4) is 0 Å². The summed E-state index contributed by atoms with van der Waals surface area (Å²) in [7, 11) is 0. The largest absolute Gasteiger partial charge is 0.376 e. The summed E-state index contributed by atoms with van der Waals surface area (Å²) in [5.41, 5.74) is 1.32. The first-order valence-corrected chi connectivity index (χ1v) is 6.27. The van der Waals surface area contributed by atoms with Gasteiger partial charge in [-0.25, -0.2) is 4.98 Å². The maximum absolute atomic E-state index is 11.8. The average molecular weight is 249 g/mol. The average Bonchev–Trinajstić information content (AvgIpc) is 2.84. The molecule has 5 heteroatoms. The molecular weight excluding hydrogens is 230 g/mol. The van der Waals surface area contributed by atoms with Crippen molar-refractivity contribution in [2.45, 2.75) is 32.3 Å². The van der Waals surface area contributed by atoms with E-state index < -0.39 is 0 Å². The normalized spacial score (nSPS) is 18.8. The van der Waals surface area contributed by atoms with Gasteiger partial charge in [-0.2, -0.15) is 0 Å². The van der Waals surface area contributed by atoms with Gasteiger partial charge in [0.25, 0.3) is 5.56 Å². The summed E-state index contributed by atoms with van der Waals surface area (Å²) in [6.45, 7) is 6.99. The molecule has 1 fully saturated rings. The number of aromatic nitrogens is 2. The first-order valence-electron chi connectivity index (χ1n) is 6.27. The van der Waals surface area contributed by atoms with Crippen LogP contribution in [0.15, 0.2) is 17.4 Å².